The lowest BCUT2D eigenvalue weighted by Gasteiger charge is -2.08. The van der Waals surface area contributed by atoms with Gasteiger partial charge in [0, 0.05) is 30.0 Å². The highest BCUT2D eigenvalue weighted by molar-refractivity contribution is 9.10. The zero-order valence-corrected chi connectivity index (χ0v) is 8.84. The molecule has 1 atom stereocenters. The molecule has 2 heterocycles. The van der Waals surface area contributed by atoms with Gasteiger partial charge in [0.25, 0.3) is 0 Å². The van der Waals surface area contributed by atoms with Gasteiger partial charge in [-0.1, -0.05) is 0 Å². The molecule has 1 aromatic heterocycles. The van der Waals surface area contributed by atoms with E-state index in [1.54, 1.807) is 6.20 Å². The van der Waals surface area contributed by atoms with Crippen molar-refractivity contribution in [1.82, 2.24) is 10.3 Å². The first kappa shape index (κ1) is 8.97. The quantitative estimate of drug-likeness (QED) is 0.784. The molecule has 1 fully saturated rings. The third kappa shape index (κ3) is 1.84. The number of nitrogens with two attached hydrogens (primary N) is 1. The fraction of sp³-hybridized carbons (Fsp3) is 0.444. The van der Waals surface area contributed by atoms with Crippen molar-refractivity contribution in [3.05, 3.63) is 22.4 Å². The second-order valence-electron chi connectivity index (χ2n) is 3.32. The minimum Gasteiger partial charge on any atom is -0.398 e. The molecule has 3 N–H and O–H groups in total. The summed E-state index contributed by atoms with van der Waals surface area (Å²) in [5.74, 6) is 0.537. The maximum Gasteiger partial charge on any atom is 0.0588 e. The largest absolute Gasteiger partial charge is 0.398 e. The number of nitrogen functional groups attached to an aromatic ring is 1. The summed E-state index contributed by atoms with van der Waals surface area (Å²) in [7, 11) is 0. The van der Waals surface area contributed by atoms with Gasteiger partial charge < -0.3 is 11.1 Å². The van der Waals surface area contributed by atoms with Gasteiger partial charge in [-0.05, 0) is 35.0 Å². The highest BCUT2D eigenvalue weighted by Crippen LogP contribution is 2.25. The summed E-state index contributed by atoms with van der Waals surface area (Å²) >= 11 is 3.33. The fourth-order valence-electron chi connectivity index (χ4n) is 1.60. The van der Waals surface area contributed by atoms with Crippen molar-refractivity contribution in [2.24, 2.45) is 0 Å². The monoisotopic (exact) mass is 241 g/mol. The Morgan fingerprint density at radius 3 is 3.08 bits per heavy atom. The maximum absolute atomic E-state index is 5.78. The van der Waals surface area contributed by atoms with Crippen molar-refractivity contribution < 1.29 is 0 Å². The predicted octanol–water partition coefficient (Wildman–Crippen LogP) is 1.50. The molecule has 1 unspecified atom stereocenters. The second-order valence-corrected chi connectivity index (χ2v) is 4.17. The van der Waals surface area contributed by atoms with Crippen LogP contribution in [0.25, 0.3) is 0 Å². The molecule has 1 aliphatic heterocycles. The molecule has 70 valence electrons. The Balaban J connectivity index is 2.25. The van der Waals surface area contributed by atoms with Gasteiger partial charge >= 0.3 is 0 Å². The summed E-state index contributed by atoms with van der Waals surface area (Å²) < 4.78 is 0.877. The Morgan fingerprint density at radius 1 is 1.62 bits per heavy atom. The number of nitrogens with zero attached hydrogens (tertiary/aromatic N) is 1. The first-order valence-electron chi connectivity index (χ1n) is 4.39. The van der Waals surface area contributed by atoms with Crippen LogP contribution in [0.15, 0.2) is 16.7 Å². The summed E-state index contributed by atoms with van der Waals surface area (Å²) in [5, 5.41) is 3.31. The Morgan fingerprint density at radius 2 is 2.46 bits per heavy atom. The molecule has 0 aromatic carbocycles. The summed E-state index contributed by atoms with van der Waals surface area (Å²) in [6.45, 7) is 2.11. The summed E-state index contributed by atoms with van der Waals surface area (Å²) in [5.41, 5.74) is 7.66. The minimum atomic E-state index is 0.537. The van der Waals surface area contributed by atoms with Crippen molar-refractivity contribution in [2.75, 3.05) is 18.8 Å². The molecule has 4 heteroatoms. The highest BCUT2D eigenvalue weighted by Gasteiger charge is 2.18. The van der Waals surface area contributed by atoms with Crippen LogP contribution in [0.1, 0.15) is 18.0 Å². The van der Waals surface area contributed by atoms with Gasteiger partial charge in [-0.3, -0.25) is 4.98 Å². The Bertz CT molecular complexity index is 308. The lowest BCUT2D eigenvalue weighted by Crippen LogP contribution is -2.09. The summed E-state index contributed by atoms with van der Waals surface area (Å²) in [4.78, 5) is 4.35. The van der Waals surface area contributed by atoms with Crippen molar-refractivity contribution in [3.8, 4) is 0 Å². The third-order valence-electron chi connectivity index (χ3n) is 2.38. The molecular weight excluding hydrogens is 230 g/mol. The molecule has 13 heavy (non-hydrogen) atoms. The zero-order chi connectivity index (χ0) is 9.26. The number of anilines is 1. The van der Waals surface area contributed by atoms with E-state index in [-0.39, 0.29) is 0 Å². The van der Waals surface area contributed by atoms with E-state index < -0.39 is 0 Å². The van der Waals surface area contributed by atoms with Gasteiger partial charge in [0.15, 0.2) is 0 Å². The van der Waals surface area contributed by atoms with E-state index in [2.05, 4.69) is 26.2 Å². The molecule has 0 saturated carbocycles. The molecule has 1 aliphatic rings. The van der Waals surface area contributed by atoms with Crippen molar-refractivity contribution in [2.45, 2.75) is 12.3 Å². The van der Waals surface area contributed by atoms with Crippen LogP contribution >= 0.6 is 15.9 Å². The Labute approximate surface area is 85.9 Å². The smallest absolute Gasteiger partial charge is 0.0588 e. The lowest BCUT2D eigenvalue weighted by atomic mass is 10.0. The number of aromatic nitrogens is 1. The number of halogens is 1. The van der Waals surface area contributed by atoms with Crippen LogP contribution in [0.5, 0.6) is 0 Å². The molecule has 2 rings (SSSR count). The highest BCUT2D eigenvalue weighted by atomic mass is 79.9. The van der Waals surface area contributed by atoms with E-state index in [0.29, 0.717) is 5.92 Å². The van der Waals surface area contributed by atoms with Crippen LogP contribution in [0, 0.1) is 0 Å². The van der Waals surface area contributed by atoms with E-state index in [9.17, 15) is 0 Å². The Hall–Kier alpha value is -0.610. The van der Waals surface area contributed by atoms with Crippen molar-refractivity contribution in [1.29, 1.82) is 0 Å². The maximum atomic E-state index is 5.78. The normalized spacial score (nSPS) is 22.1. The molecule has 1 saturated heterocycles. The van der Waals surface area contributed by atoms with E-state index in [1.807, 2.05) is 6.07 Å². The van der Waals surface area contributed by atoms with E-state index in [1.165, 1.54) is 0 Å². The molecule has 0 amide bonds. The standard InChI is InChI=1S/C9H12BrN3/c10-7-5-13-9(3-8(7)11)6-1-2-12-4-6/h3,5-6,12H,1-2,4H2,(H2,11,13). The van der Waals surface area contributed by atoms with Crippen LogP contribution in [0.3, 0.4) is 0 Å². The topological polar surface area (TPSA) is 50.9 Å². The zero-order valence-electron chi connectivity index (χ0n) is 7.26. The van der Waals surface area contributed by atoms with E-state index >= 15 is 0 Å². The van der Waals surface area contributed by atoms with Crippen molar-refractivity contribution >= 4 is 21.6 Å². The van der Waals surface area contributed by atoms with Crippen molar-refractivity contribution in [3.63, 3.8) is 0 Å². The van der Waals surface area contributed by atoms with Gasteiger partial charge in [0.05, 0.1) is 4.47 Å². The molecule has 3 nitrogen and oxygen atoms in total. The Kier molecular flexibility index (Phi) is 2.51. The first-order valence-corrected chi connectivity index (χ1v) is 5.18. The summed E-state index contributed by atoms with van der Waals surface area (Å²) in [6.07, 6.45) is 2.94. The van der Waals surface area contributed by atoms with Crippen LogP contribution < -0.4 is 11.1 Å². The van der Waals surface area contributed by atoms with Crippen LogP contribution in [-0.2, 0) is 0 Å². The van der Waals surface area contributed by atoms with Crippen LogP contribution in [0.4, 0.5) is 5.69 Å². The molecule has 0 bridgehead atoms. The number of hydrogen-bond donors (Lipinski definition) is 2. The minimum absolute atomic E-state index is 0.537. The van der Waals surface area contributed by atoms with Gasteiger partial charge in [-0.2, -0.15) is 0 Å². The molecular formula is C9H12BrN3. The number of rotatable bonds is 1. The number of hydrogen-bond acceptors (Lipinski definition) is 3. The average Bonchev–Trinajstić information content (AvgIpc) is 2.62. The van der Waals surface area contributed by atoms with Crippen LogP contribution in [0.2, 0.25) is 0 Å². The van der Waals surface area contributed by atoms with E-state index in [4.69, 9.17) is 5.73 Å². The predicted molar refractivity (Wildman–Crippen MR) is 56.6 cm³/mol. The summed E-state index contributed by atoms with van der Waals surface area (Å²) in [6, 6.07) is 1.96. The van der Waals surface area contributed by atoms with Gasteiger partial charge in [-0.25, -0.2) is 0 Å². The third-order valence-corrected chi connectivity index (χ3v) is 3.05. The number of pyridine rings is 1. The molecule has 0 aliphatic carbocycles. The SMILES string of the molecule is Nc1cc(C2CCNC2)ncc1Br. The molecule has 0 radical (unpaired) electrons. The number of nitrogens with one attached hydrogen (secondary N) is 1. The molecule has 0 spiro atoms. The lowest BCUT2D eigenvalue weighted by molar-refractivity contribution is 0.735. The first-order chi connectivity index (χ1) is 6.27. The van der Waals surface area contributed by atoms with Gasteiger partial charge in [0.2, 0.25) is 0 Å². The molecule has 1 aromatic rings. The second kappa shape index (κ2) is 3.64. The van der Waals surface area contributed by atoms with Gasteiger partial charge in [0.1, 0.15) is 0 Å². The van der Waals surface area contributed by atoms with E-state index in [0.717, 1.165) is 35.4 Å². The van der Waals surface area contributed by atoms with Gasteiger partial charge in [-0.15, -0.1) is 0 Å². The van der Waals surface area contributed by atoms with Crippen LogP contribution in [-0.4, -0.2) is 18.1 Å². The fourth-order valence-corrected chi connectivity index (χ4v) is 1.82. The average molecular weight is 242 g/mol.